The Kier molecular flexibility index (Phi) is 1.94. The highest BCUT2D eigenvalue weighted by molar-refractivity contribution is 5.36. The van der Waals surface area contributed by atoms with Crippen LogP contribution in [0.5, 0.6) is 5.75 Å². The van der Waals surface area contributed by atoms with E-state index in [1.54, 1.807) is 25.6 Å². The molecular formula is C9H11NO3. The topological polar surface area (TPSA) is 51.6 Å². The van der Waals surface area contributed by atoms with E-state index in [0.717, 1.165) is 0 Å². The molecule has 0 unspecified atom stereocenters. The Hall–Kier alpha value is -1.13. The highest BCUT2D eigenvalue weighted by atomic mass is 16.5. The minimum absolute atomic E-state index is 0.315. The first-order valence-electron chi connectivity index (χ1n) is 4.05. The molecule has 1 aromatic rings. The van der Waals surface area contributed by atoms with Crippen molar-refractivity contribution in [3.63, 3.8) is 0 Å². The molecule has 1 aromatic heterocycles. The quantitative estimate of drug-likeness (QED) is 0.713. The third-order valence-corrected chi connectivity index (χ3v) is 2.18. The molecule has 0 spiro atoms. The molecule has 0 aliphatic carbocycles. The van der Waals surface area contributed by atoms with Gasteiger partial charge in [-0.25, -0.2) is 0 Å². The van der Waals surface area contributed by atoms with E-state index in [1.807, 2.05) is 0 Å². The van der Waals surface area contributed by atoms with Crippen molar-refractivity contribution in [1.82, 2.24) is 4.98 Å². The molecule has 4 nitrogen and oxygen atoms in total. The summed E-state index contributed by atoms with van der Waals surface area (Å²) in [5, 5.41) is 9.95. The molecule has 0 saturated carbocycles. The second kappa shape index (κ2) is 2.97. The molecule has 2 heterocycles. The molecule has 0 bridgehead atoms. The number of methoxy groups -OCH3 is 1. The highest BCUT2D eigenvalue weighted by Crippen LogP contribution is 2.34. The lowest BCUT2D eigenvalue weighted by atomic mass is 9.93. The molecule has 1 aliphatic heterocycles. The standard InChI is InChI=1S/C9H11NO3/c1-12-8-2-3-10-4-7(8)9(11)5-13-6-9/h2-4,11H,5-6H2,1H3. The van der Waals surface area contributed by atoms with Gasteiger partial charge in [0.1, 0.15) is 11.4 Å². The number of hydrogen-bond donors (Lipinski definition) is 1. The largest absolute Gasteiger partial charge is 0.496 e. The lowest BCUT2D eigenvalue weighted by molar-refractivity contribution is -0.185. The van der Waals surface area contributed by atoms with Crippen molar-refractivity contribution in [2.75, 3.05) is 20.3 Å². The van der Waals surface area contributed by atoms with Crippen LogP contribution in [-0.2, 0) is 10.3 Å². The molecule has 70 valence electrons. The van der Waals surface area contributed by atoms with Gasteiger partial charge in [0.15, 0.2) is 0 Å². The molecule has 2 rings (SSSR count). The Morgan fingerprint density at radius 3 is 2.92 bits per heavy atom. The van der Waals surface area contributed by atoms with Gasteiger partial charge in [-0.3, -0.25) is 4.98 Å². The van der Waals surface area contributed by atoms with E-state index in [0.29, 0.717) is 24.5 Å². The monoisotopic (exact) mass is 181 g/mol. The van der Waals surface area contributed by atoms with Crippen LogP contribution in [0.15, 0.2) is 18.5 Å². The molecule has 13 heavy (non-hydrogen) atoms. The smallest absolute Gasteiger partial charge is 0.141 e. The first kappa shape index (κ1) is 8.47. The zero-order chi connectivity index (χ0) is 9.31. The summed E-state index contributed by atoms with van der Waals surface area (Å²) in [6.45, 7) is 0.629. The van der Waals surface area contributed by atoms with Crippen LogP contribution in [0, 0.1) is 0 Å². The molecule has 0 atom stereocenters. The number of nitrogens with zero attached hydrogens (tertiary/aromatic N) is 1. The molecule has 1 saturated heterocycles. The van der Waals surface area contributed by atoms with Gasteiger partial charge in [-0.15, -0.1) is 0 Å². The summed E-state index contributed by atoms with van der Waals surface area (Å²) in [6, 6.07) is 1.73. The second-order valence-electron chi connectivity index (χ2n) is 3.10. The van der Waals surface area contributed by atoms with Crippen LogP contribution in [0.2, 0.25) is 0 Å². The maximum absolute atomic E-state index is 9.95. The number of pyridine rings is 1. The average Bonchev–Trinajstić information content (AvgIpc) is 2.14. The van der Waals surface area contributed by atoms with Crippen LogP contribution in [0.3, 0.4) is 0 Å². The van der Waals surface area contributed by atoms with Crippen molar-refractivity contribution in [3.8, 4) is 5.75 Å². The summed E-state index contributed by atoms with van der Waals surface area (Å²) in [5.41, 5.74) is -0.205. The first-order valence-corrected chi connectivity index (χ1v) is 4.05. The van der Waals surface area contributed by atoms with E-state index in [-0.39, 0.29) is 0 Å². The summed E-state index contributed by atoms with van der Waals surface area (Å²) in [6.07, 6.45) is 3.24. The van der Waals surface area contributed by atoms with Crippen LogP contribution in [0.1, 0.15) is 5.56 Å². The lowest BCUT2D eigenvalue weighted by Gasteiger charge is -2.36. The van der Waals surface area contributed by atoms with Gasteiger partial charge < -0.3 is 14.6 Å². The number of aromatic nitrogens is 1. The van der Waals surface area contributed by atoms with E-state index in [4.69, 9.17) is 9.47 Å². The van der Waals surface area contributed by atoms with Crippen molar-refractivity contribution < 1.29 is 14.6 Å². The molecule has 1 N–H and O–H groups in total. The zero-order valence-corrected chi connectivity index (χ0v) is 7.36. The van der Waals surface area contributed by atoms with E-state index in [1.165, 1.54) is 0 Å². The van der Waals surface area contributed by atoms with Crippen LogP contribution in [-0.4, -0.2) is 30.4 Å². The Labute approximate surface area is 76.1 Å². The van der Waals surface area contributed by atoms with Gasteiger partial charge in [0, 0.05) is 18.0 Å². The van der Waals surface area contributed by atoms with Crippen molar-refractivity contribution >= 4 is 0 Å². The molecule has 4 heteroatoms. The number of aliphatic hydroxyl groups is 1. The Morgan fingerprint density at radius 2 is 2.38 bits per heavy atom. The molecule has 1 fully saturated rings. The fraction of sp³-hybridized carbons (Fsp3) is 0.444. The van der Waals surface area contributed by atoms with Gasteiger partial charge in [0.05, 0.1) is 20.3 Å². The van der Waals surface area contributed by atoms with Gasteiger partial charge in [0.2, 0.25) is 0 Å². The Balaban J connectivity index is 2.38. The predicted molar refractivity (Wildman–Crippen MR) is 45.5 cm³/mol. The van der Waals surface area contributed by atoms with Crippen molar-refractivity contribution in [2.24, 2.45) is 0 Å². The third kappa shape index (κ3) is 1.28. The lowest BCUT2D eigenvalue weighted by Crippen LogP contribution is -2.46. The van der Waals surface area contributed by atoms with E-state index >= 15 is 0 Å². The second-order valence-corrected chi connectivity index (χ2v) is 3.10. The molecule has 0 amide bonds. The molecule has 1 aliphatic rings. The van der Waals surface area contributed by atoms with E-state index in [9.17, 15) is 5.11 Å². The fourth-order valence-electron chi connectivity index (χ4n) is 1.36. The van der Waals surface area contributed by atoms with Gasteiger partial charge in [-0.05, 0) is 6.07 Å². The maximum Gasteiger partial charge on any atom is 0.141 e. The summed E-state index contributed by atoms with van der Waals surface area (Å²) < 4.78 is 10.1. The number of rotatable bonds is 2. The molecule has 0 radical (unpaired) electrons. The summed E-state index contributed by atoms with van der Waals surface area (Å²) in [7, 11) is 1.57. The van der Waals surface area contributed by atoms with Crippen LogP contribution >= 0.6 is 0 Å². The van der Waals surface area contributed by atoms with Crippen LogP contribution in [0.25, 0.3) is 0 Å². The van der Waals surface area contributed by atoms with Gasteiger partial charge in [-0.1, -0.05) is 0 Å². The third-order valence-electron chi connectivity index (χ3n) is 2.18. The minimum Gasteiger partial charge on any atom is -0.496 e. The highest BCUT2D eigenvalue weighted by Gasteiger charge is 2.40. The molecule has 0 aromatic carbocycles. The first-order chi connectivity index (χ1) is 6.26. The zero-order valence-electron chi connectivity index (χ0n) is 7.36. The minimum atomic E-state index is -0.903. The summed E-state index contributed by atoms with van der Waals surface area (Å²) in [4.78, 5) is 3.95. The fourth-order valence-corrected chi connectivity index (χ4v) is 1.36. The Morgan fingerprint density at radius 1 is 1.62 bits per heavy atom. The van der Waals surface area contributed by atoms with Gasteiger partial charge >= 0.3 is 0 Å². The maximum atomic E-state index is 9.95. The van der Waals surface area contributed by atoms with Gasteiger partial charge in [0.25, 0.3) is 0 Å². The normalized spacial score (nSPS) is 19.2. The van der Waals surface area contributed by atoms with Crippen LogP contribution in [0.4, 0.5) is 0 Å². The van der Waals surface area contributed by atoms with Crippen molar-refractivity contribution in [3.05, 3.63) is 24.0 Å². The number of hydrogen-bond acceptors (Lipinski definition) is 4. The molecular weight excluding hydrogens is 170 g/mol. The summed E-state index contributed by atoms with van der Waals surface area (Å²) in [5.74, 6) is 0.654. The Bertz CT molecular complexity index is 309. The summed E-state index contributed by atoms with van der Waals surface area (Å²) >= 11 is 0. The van der Waals surface area contributed by atoms with E-state index < -0.39 is 5.60 Å². The number of ether oxygens (including phenoxy) is 2. The van der Waals surface area contributed by atoms with E-state index in [2.05, 4.69) is 4.98 Å². The predicted octanol–water partition coefficient (Wildman–Crippen LogP) is 0.308. The van der Waals surface area contributed by atoms with Crippen molar-refractivity contribution in [2.45, 2.75) is 5.60 Å². The SMILES string of the molecule is COc1ccncc1C1(O)COC1. The average molecular weight is 181 g/mol. The van der Waals surface area contributed by atoms with Gasteiger partial charge in [-0.2, -0.15) is 0 Å². The van der Waals surface area contributed by atoms with Crippen LogP contribution < -0.4 is 4.74 Å². The van der Waals surface area contributed by atoms with Crippen molar-refractivity contribution in [1.29, 1.82) is 0 Å².